The van der Waals surface area contributed by atoms with Crippen LogP contribution in [0.4, 0.5) is 0 Å². The Hall–Kier alpha value is -1.51. The summed E-state index contributed by atoms with van der Waals surface area (Å²) in [6.07, 6.45) is 2.87. The highest BCUT2D eigenvalue weighted by Gasteiger charge is 2.17. The van der Waals surface area contributed by atoms with Crippen molar-refractivity contribution in [3.05, 3.63) is 28.8 Å². The number of benzene rings is 1. The molecule has 0 N–H and O–H groups in total. The quantitative estimate of drug-likeness (QED) is 0.746. The van der Waals surface area contributed by atoms with E-state index in [2.05, 4.69) is 19.1 Å². The van der Waals surface area contributed by atoms with Gasteiger partial charge in [-0.25, -0.2) is 0 Å². The SMILES string of the molecule is CCOc1cc2c(cc1CC)CCN(C=O)C2. The third kappa shape index (κ3) is 2.43. The van der Waals surface area contributed by atoms with Gasteiger partial charge in [-0.05, 0) is 42.5 Å². The second kappa shape index (κ2) is 5.21. The smallest absolute Gasteiger partial charge is 0.210 e. The van der Waals surface area contributed by atoms with Gasteiger partial charge in [-0.2, -0.15) is 0 Å². The number of carbonyl (C=O) groups excluding carboxylic acids is 1. The van der Waals surface area contributed by atoms with E-state index in [0.717, 1.165) is 31.5 Å². The molecule has 1 aromatic rings. The number of nitrogens with zero attached hydrogens (tertiary/aromatic N) is 1. The molecule has 1 aromatic carbocycles. The van der Waals surface area contributed by atoms with E-state index in [1.165, 1.54) is 16.7 Å². The number of hydrogen-bond donors (Lipinski definition) is 0. The standard InChI is InChI=1S/C14H19NO2/c1-3-11-7-12-5-6-15(10-16)9-13(12)8-14(11)17-4-2/h7-8,10H,3-6,9H2,1-2H3. The Labute approximate surface area is 102 Å². The zero-order valence-electron chi connectivity index (χ0n) is 10.5. The molecule has 0 fully saturated rings. The Morgan fingerprint density at radius 3 is 2.82 bits per heavy atom. The molecular weight excluding hydrogens is 214 g/mol. The van der Waals surface area contributed by atoms with Gasteiger partial charge in [-0.3, -0.25) is 4.79 Å². The van der Waals surface area contributed by atoms with Crippen molar-refractivity contribution in [3.8, 4) is 5.75 Å². The van der Waals surface area contributed by atoms with Gasteiger partial charge in [0.1, 0.15) is 5.75 Å². The fourth-order valence-electron chi connectivity index (χ4n) is 2.32. The van der Waals surface area contributed by atoms with Crippen molar-refractivity contribution in [2.45, 2.75) is 33.2 Å². The lowest BCUT2D eigenvalue weighted by Gasteiger charge is -2.26. The van der Waals surface area contributed by atoms with Crippen LogP contribution in [0.2, 0.25) is 0 Å². The van der Waals surface area contributed by atoms with Gasteiger partial charge >= 0.3 is 0 Å². The molecule has 0 aliphatic carbocycles. The lowest BCUT2D eigenvalue weighted by atomic mass is 9.96. The van der Waals surface area contributed by atoms with E-state index in [9.17, 15) is 4.79 Å². The molecule has 92 valence electrons. The Bertz CT molecular complexity index is 415. The molecule has 1 heterocycles. The molecule has 0 atom stereocenters. The minimum Gasteiger partial charge on any atom is -0.494 e. The molecule has 0 aromatic heterocycles. The molecule has 3 nitrogen and oxygen atoms in total. The fourth-order valence-corrected chi connectivity index (χ4v) is 2.32. The Kier molecular flexibility index (Phi) is 3.67. The zero-order chi connectivity index (χ0) is 12.3. The average molecular weight is 233 g/mol. The summed E-state index contributed by atoms with van der Waals surface area (Å²) in [6.45, 7) is 6.36. The van der Waals surface area contributed by atoms with Crippen LogP contribution in [0.25, 0.3) is 0 Å². The Morgan fingerprint density at radius 1 is 1.35 bits per heavy atom. The van der Waals surface area contributed by atoms with Gasteiger partial charge in [0.05, 0.1) is 6.61 Å². The number of hydrogen-bond acceptors (Lipinski definition) is 2. The summed E-state index contributed by atoms with van der Waals surface area (Å²) >= 11 is 0. The summed E-state index contributed by atoms with van der Waals surface area (Å²) < 4.78 is 5.66. The minimum atomic E-state index is 0.684. The monoisotopic (exact) mass is 233 g/mol. The zero-order valence-corrected chi connectivity index (χ0v) is 10.5. The second-order valence-electron chi connectivity index (χ2n) is 4.34. The summed E-state index contributed by atoms with van der Waals surface area (Å²) in [5.74, 6) is 0.974. The van der Waals surface area contributed by atoms with Gasteiger partial charge in [0.15, 0.2) is 0 Å². The topological polar surface area (TPSA) is 29.5 Å². The molecule has 0 saturated heterocycles. The van der Waals surface area contributed by atoms with Crippen LogP contribution in [0.1, 0.15) is 30.5 Å². The Morgan fingerprint density at radius 2 is 2.18 bits per heavy atom. The summed E-state index contributed by atoms with van der Waals surface area (Å²) in [5, 5.41) is 0. The molecule has 2 rings (SSSR count). The van der Waals surface area contributed by atoms with Crippen molar-refractivity contribution >= 4 is 6.41 Å². The largest absolute Gasteiger partial charge is 0.494 e. The summed E-state index contributed by atoms with van der Waals surface area (Å²) in [5.41, 5.74) is 3.86. The third-order valence-corrected chi connectivity index (χ3v) is 3.25. The highest BCUT2D eigenvalue weighted by Crippen LogP contribution is 2.28. The molecule has 1 aliphatic heterocycles. The van der Waals surface area contributed by atoms with Crippen LogP contribution in [-0.4, -0.2) is 24.5 Å². The van der Waals surface area contributed by atoms with Gasteiger partial charge in [0.25, 0.3) is 0 Å². The average Bonchev–Trinajstić information content (AvgIpc) is 2.37. The van der Waals surface area contributed by atoms with Crippen molar-refractivity contribution in [2.24, 2.45) is 0 Å². The maximum absolute atomic E-state index is 10.8. The van der Waals surface area contributed by atoms with E-state index in [1.807, 2.05) is 11.8 Å². The summed E-state index contributed by atoms with van der Waals surface area (Å²) in [7, 11) is 0. The molecule has 0 spiro atoms. The van der Waals surface area contributed by atoms with Crippen LogP contribution < -0.4 is 4.74 Å². The number of aryl methyl sites for hydroxylation is 1. The molecule has 0 radical (unpaired) electrons. The number of rotatable bonds is 4. The molecular formula is C14H19NO2. The molecule has 0 unspecified atom stereocenters. The van der Waals surface area contributed by atoms with E-state index in [1.54, 1.807) is 0 Å². The van der Waals surface area contributed by atoms with Crippen LogP contribution in [0.15, 0.2) is 12.1 Å². The first kappa shape index (κ1) is 12.0. The molecule has 1 amide bonds. The molecule has 1 aliphatic rings. The number of carbonyl (C=O) groups is 1. The van der Waals surface area contributed by atoms with Gasteiger partial charge in [0.2, 0.25) is 6.41 Å². The van der Waals surface area contributed by atoms with Gasteiger partial charge in [0, 0.05) is 13.1 Å². The van der Waals surface area contributed by atoms with Gasteiger partial charge in [-0.15, -0.1) is 0 Å². The predicted molar refractivity (Wildman–Crippen MR) is 67.2 cm³/mol. The maximum atomic E-state index is 10.8. The van der Waals surface area contributed by atoms with E-state index >= 15 is 0 Å². The van der Waals surface area contributed by atoms with E-state index < -0.39 is 0 Å². The second-order valence-corrected chi connectivity index (χ2v) is 4.34. The first-order valence-electron chi connectivity index (χ1n) is 6.25. The van der Waals surface area contributed by atoms with Crippen LogP contribution in [0, 0.1) is 0 Å². The third-order valence-electron chi connectivity index (χ3n) is 3.25. The van der Waals surface area contributed by atoms with Gasteiger partial charge in [-0.1, -0.05) is 13.0 Å². The minimum absolute atomic E-state index is 0.684. The summed E-state index contributed by atoms with van der Waals surface area (Å²) in [6, 6.07) is 4.34. The van der Waals surface area contributed by atoms with Gasteiger partial charge < -0.3 is 9.64 Å². The molecule has 3 heteroatoms. The fraction of sp³-hybridized carbons (Fsp3) is 0.500. The van der Waals surface area contributed by atoms with E-state index in [-0.39, 0.29) is 0 Å². The Balaban J connectivity index is 2.34. The van der Waals surface area contributed by atoms with Crippen LogP contribution in [0.3, 0.4) is 0 Å². The lowest BCUT2D eigenvalue weighted by Crippen LogP contribution is -2.29. The van der Waals surface area contributed by atoms with Crippen molar-refractivity contribution in [3.63, 3.8) is 0 Å². The van der Waals surface area contributed by atoms with Crippen LogP contribution in [-0.2, 0) is 24.2 Å². The molecule has 0 saturated carbocycles. The number of amides is 1. The van der Waals surface area contributed by atoms with Crippen molar-refractivity contribution in [1.82, 2.24) is 4.90 Å². The first-order chi connectivity index (χ1) is 8.28. The summed E-state index contributed by atoms with van der Waals surface area (Å²) in [4.78, 5) is 12.6. The number of fused-ring (bicyclic) bond motifs is 1. The first-order valence-corrected chi connectivity index (χ1v) is 6.25. The van der Waals surface area contributed by atoms with Crippen molar-refractivity contribution in [1.29, 1.82) is 0 Å². The molecule has 17 heavy (non-hydrogen) atoms. The maximum Gasteiger partial charge on any atom is 0.210 e. The highest BCUT2D eigenvalue weighted by molar-refractivity contribution is 5.51. The van der Waals surface area contributed by atoms with Crippen LogP contribution in [0.5, 0.6) is 5.75 Å². The lowest BCUT2D eigenvalue weighted by molar-refractivity contribution is -0.118. The number of ether oxygens (including phenoxy) is 1. The van der Waals surface area contributed by atoms with E-state index in [0.29, 0.717) is 13.2 Å². The van der Waals surface area contributed by atoms with E-state index in [4.69, 9.17) is 4.74 Å². The van der Waals surface area contributed by atoms with Crippen molar-refractivity contribution < 1.29 is 9.53 Å². The van der Waals surface area contributed by atoms with Crippen LogP contribution >= 0.6 is 0 Å². The van der Waals surface area contributed by atoms with Crippen molar-refractivity contribution in [2.75, 3.05) is 13.2 Å². The highest BCUT2D eigenvalue weighted by atomic mass is 16.5. The predicted octanol–water partition coefficient (Wildman–Crippen LogP) is 2.16. The normalized spacial score (nSPS) is 14.4. The molecule has 0 bridgehead atoms.